The lowest BCUT2D eigenvalue weighted by atomic mass is 10.00. The normalized spacial score (nSPS) is 11.7. The largest absolute Gasteiger partial charge is 0.452 e. The van der Waals surface area contributed by atoms with Gasteiger partial charge >= 0.3 is 5.97 Å². The number of amides is 1. The molecule has 0 aliphatic carbocycles. The van der Waals surface area contributed by atoms with E-state index in [-0.39, 0.29) is 22.9 Å². The monoisotopic (exact) mass is 392 g/mol. The molecule has 0 aromatic heterocycles. The fourth-order valence-corrected chi connectivity index (χ4v) is 3.24. The first-order valence-electron chi connectivity index (χ1n) is 9.06. The van der Waals surface area contributed by atoms with E-state index in [9.17, 15) is 19.7 Å². The lowest BCUT2D eigenvalue weighted by molar-refractivity contribution is -0.385. The van der Waals surface area contributed by atoms with Crippen LogP contribution in [0.15, 0.2) is 60.7 Å². The first kappa shape index (κ1) is 20.0. The highest BCUT2D eigenvalue weighted by Crippen LogP contribution is 2.24. The van der Waals surface area contributed by atoms with Crippen LogP contribution in [0, 0.1) is 17.0 Å². The molecule has 148 valence electrons. The van der Waals surface area contributed by atoms with Crippen LogP contribution in [0.3, 0.4) is 0 Å². The van der Waals surface area contributed by atoms with Gasteiger partial charge in [0.05, 0.1) is 16.5 Å². The van der Waals surface area contributed by atoms with E-state index < -0.39 is 23.4 Å². The molecule has 3 aromatic rings. The van der Waals surface area contributed by atoms with Crippen LogP contribution in [-0.2, 0) is 9.53 Å². The van der Waals surface area contributed by atoms with Gasteiger partial charge in [-0.1, -0.05) is 48.5 Å². The second kappa shape index (κ2) is 8.52. The standard InChI is InChI=1S/C22H20N2O5/c1-14-17(10-6-12-20(14)24(27)28)22(26)29-13-21(25)23-15(2)18-11-5-8-16-7-3-4-9-19(16)18/h3-12,15H,13H2,1-2H3,(H,23,25). The number of nitro groups is 1. The van der Waals surface area contributed by atoms with Gasteiger partial charge in [0, 0.05) is 11.6 Å². The second-order valence-corrected chi connectivity index (χ2v) is 6.64. The minimum atomic E-state index is -0.779. The van der Waals surface area contributed by atoms with Gasteiger partial charge in [0.15, 0.2) is 6.61 Å². The zero-order valence-electron chi connectivity index (χ0n) is 16.0. The van der Waals surface area contributed by atoms with Crippen LogP contribution < -0.4 is 5.32 Å². The summed E-state index contributed by atoms with van der Waals surface area (Å²) in [6.45, 7) is 2.85. The van der Waals surface area contributed by atoms with Crippen LogP contribution in [0.25, 0.3) is 10.8 Å². The Morgan fingerprint density at radius 2 is 1.76 bits per heavy atom. The summed E-state index contributed by atoms with van der Waals surface area (Å²) in [5.41, 5.74) is 1.05. The lowest BCUT2D eigenvalue weighted by Crippen LogP contribution is -2.31. The van der Waals surface area contributed by atoms with Crippen LogP contribution in [0.4, 0.5) is 5.69 Å². The Hall–Kier alpha value is -3.74. The predicted octanol–water partition coefficient (Wildman–Crippen LogP) is 4.09. The number of carbonyl (C=O) groups is 2. The summed E-state index contributed by atoms with van der Waals surface area (Å²) in [6.07, 6.45) is 0. The van der Waals surface area contributed by atoms with Gasteiger partial charge in [-0.05, 0) is 36.2 Å². The first-order chi connectivity index (χ1) is 13.9. The number of hydrogen-bond acceptors (Lipinski definition) is 5. The van der Waals surface area contributed by atoms with Crippen LogP contribution in [0.5, 0.6) is 0 Å². The van der Waals surface area contributed by atoms with Crippen molar-refractivity contribution < 1.29 is 19.2 Å². The van der Waals surface area contributed by atoms with Gasteiger partial charge in [0.2, 0.25) is 0 Å². The van der Waals surface area contributed by atoms with Crippen molar-refractivity contribution in [2.45, 2.75) is 19.9 Å². The highest BCUT2D eigenvalue weighted by atomic mass is 16.6. The number of nitrogens with one attached hydrogen (secondary N) is 1. The summed E-state index contributed by atoms with van der Waals surface area (Å²) in [6, 6.07) is 17.6. The highest BCUT2D eigenvalue weighted by molar-refractivity contribution is 5.94. The smallest absolute Gasteiger partial charge is 0.339 e. The number of carbonyl (C=O) groups excluding carboxylic acids is 2. The number of nitrogens with zero attached hydrogens (tertiary/aromatic N) is 1. The zero-order valence-corrected chi connectivity index (χ0v) is 16.0. The third-order valence-electron chi connectivity index (χ3n) is 4.72. The van der Waals surface area contributed by atoms with E-state index in [1.54, 1.807) is 0 Å². The molecule has 1 amide bonds. The molecule has 0 aliphatic heterocycles. The van der Waals surface area contributed by atoms with E-state index in [1.807, 2.05) is 49.4 Å². The van der Waals surface area contributed by atoms with Crippen molar-refractivity contribution >= 4 is 28.3 Å². The van der Waals surface area contributed by atoms with Crippen LogP contribution in [-0.4, -0.2) is 23.4 Å². The van der Waals surface area contributed by atoms with Crippen LogP contribution in [0.1, 0.15) is 34.5 Å². The molecule has 0 spiro atoms. The third kappa shape index (κ3) is 4.40. The molecule has 1 atom stereocenters. The molecule has 7 heteroatoms. The topological polar surface area (TPSA) is 98.5 Å². The van der Waals surface area contributed by atoms with E-state index in [0.717, 1.165) is 16.3 Å². The van der Waals surface area contributed by atoms with Gasteiger partial charge < -0.3 is 10.1 Å². The van der Waals surface area contributed by atoms with Gasteiger partial charge in [-0.15, -0.1) is 0 Å². The maximum atomic E-state index is 12.3. The molecule has 0 bridgehead atoms. The van der Waals surface area contributed by atoms with Gasteiger partial charge in [-0.2, -0.15) is 0 Å². The van der Waals surface area contributed by atoms with E-state index >= 15 is 0 Å². The van der Waals surface area contributed by atoms with Gasteiger partial charge in [0.25, 0.3) is 11.6 Å². The molecule has 0 fully saturated rings. The summed E-state index contributed by atoms with van der Waals surface area (Å²) in [4.78, 5) is 34.9. The second-order valence-electron chi connectivity index (χ2n) is 6.64. The average Bonchev–Trinajstić information content (AvgIpc) is 2.71. The molecular formula is C22H20N2O5. The molecular weight excluding hydrogens is 372 g/mol. The van der Waals surface area contributed by atoms with Gasteiger partial charge in [-0.3, -0.25) is 14.9 Å². The van der Waals surface area contributed by atoms with Crippen LogP contribution >= 0.6 is 0 Å². The molecule has 0 saturated carbocycles. The molecule has 1 N–H and O–H groups in total. The van der Waals surface area contributed by atoms with Crippen molar-refractivity contribution in [3.05, 3.63) is 87.5 Å². The van der Waals surface area contributed by atoms with Gasteiger partial charge in [0.1, 0.15) is 0 Å². The number of rotatable bonds is 6. The minimum Gasteiger partial charge on any atom is -0.452 e. The summed E-state index contributed by atoms with van der Waals surface area (Å²) in [5, 5.41) is 15.9. The molecule has 3 rings (SSSR count). The minimum absolute atomic E-state index is 0.0640. The number of ether oxygens (including phenoxy) is 1. The molecule has 0 heterocycles. The molecule has 1 unspecified atom stereocenters. The SMILES string of the molecule is Cc1c(C(=O)OCC(=O)NC(C)c2cccc3ccccc23)cccc1[N+](=O)[O-]. The van der Waals surface area contributed by atoms with Crippen molar-refractivity contribution in [1.29, 1.82) is 0 Å². The number of esters is 1. The first-order valence-corrected chi connectivity index (χ1v) is 9.06. The van der Waals surface area contributed by atoms with Crippen LogP contribution in [0.2, 0.25) is 0 Å². The fourth-order valence-electron chi connectivity index (χ4n) is 3.24. The molecule has 3 aromatic carbocycles. The maximum Gasteiger partial charge on any atom is 0.339 e. The van der Waals surface area contributed by atoms with Crippen molar-refractivity contribution in [2.75, 3.05) is 6.61 Å². The van der Waals surface area contributed by atoms with E-state index in [2.05, 4.69) is 5.32 Å². The average molecular weight is 392 g/mol. The summed E-state index contributed by atoms with van der Waals surface area (Å²) in [7, 11) is 0. The number of nitro benzene ring substituents is 1. The van der Waals surface area contributed by atoms with Crippen molar-refractivity contribution in [3.63, 3.8) is 0 Å². The zero-order chi connectivity index (χ0) is 21.0. The Kier molecular flexibility index (Phi) is 5.87. The predicted molar refractivity (Wildman–Crippen MR) is 109 cm³/mol. The Morgan fingerprint density at radius 1 is 1.07 bits per heavy atom. The molecule has 0 saturated heterocycles. The number of fused-ring (bicyclic) bond motifs is 1. The van der Waals surface area contributed by atoms with E-state index in [4.69, 9.17) is 4.74 Å². The summed E-state index contributed by atoms with van der Waals surface area (Å²) >= 11 is 0. The Labute approximate surface area is 167 Å². The summed E-state index contributed by atoms with van der Waals surface area (Å²) < 4.78 is 5.06. The van der Waals surface area contributed by atoms with E-state index in [1.165, 1.54) is 25.1 Å². The van der Waals surface area contributed by atoms with Gasteiger partial charge in [-0.25, -0.2) is 4.79 Å². The third-order valence-corrected chi connectivity index (χ3v) is 4.72. The Morgan fingerprint density at radius 3 is 2.52 bits per heavy atom. The van der Waals surface area contributed by atoms with Crippen molar-refractivity contribution in [1.82, 2.24) is 5.32 Å². The molecule has 0 aliphatic rings. The number of benzene rings is 3. The van der Waals surface area contributed by atoms with Crippen molar-refractivity contribution in [3.8, 4) is 0 Å². The van der Waals surface area contributed by atoms with E-state index in [0.29, 0.717) is 0 Å². The quantitative estimate of drug-likeness (QED) is 0.387. The Bertz CT molecular complexity index is 1090. The molecule has 29 heavy (non-hydrogen) atoms. The molecule has 0 radical (unpaired) electrons. The van der Waals surface area contributed by atoms with Crippen molar-refractivity contribution in [2.24, 2.45) is 0 Å². The lowest BCUT2D eigenvalue weighted by Gasteiger charge is -2.17. The Balaban J connectivity index is 1.65. The number of hydrogen-bond donors (Lipinski definition) is 1. The fraction of sp³-hybridized carbons (Fsp3) is 0.182. The summed E-state index contributed by atoms with van der Waals surface area (Å²) in [5.74, 6) is -1.24. The maximum absolute atomic E-state index is 12.3. The highest BCUT2D eigenvalue weighted by Gasteiger charge is 2.20. The molecule has 7 nitrogen and oxygen atoms in total.